The van der Waals surface area contributed by atoms with Gasteiger partial charge in [0.1, 0.15) is 32.0 Å². The van der Waals surface area contributed by atoms with Crippen LogP contribution in [0.25, 0.3) is 0 Å². The average molecular weight is 406 g/mol. The third kappa shape index (κ3) is 3.89. The number of nitrogens with two attached hydrogens (primary N) is 1. The maximum absolute atomic E-state index is 12.4. The first kappa shape index (κ1) is 19.5. The third-order valence-corrected chi connectivity index (χ3v) is 4.71. The Morgan fingerprint density at radius 1 is 1.50 bits per heavy atom. The molecule has 0 radical (unpaired) electrons. The molecule has 1 saturated heterocycles. The Balaban J connectivity index is 2.24. The molecule has 0 bridgehead atoms. The number of anilines is 1. The number of hydrogen-bond donors (Lipinski definition) is 3. The Hall–Kier alpha value is -2.78. The highest BCUT2D eigenvalue weighted by Gasteiger charge is 2.53. The topological polar surface area (TPSA) is 186 Å². The van der Waals surface area contributed by atoms with Crippen molar-refractivity contribution in [2.45, 2.75) is 12.1 Å². The average Bonchev–Trinajstić information content (AvgIpc) is 2.98. The molecule has 1 aromatic rings. The number of rotatable bonds is 7. The van der Waals surface area contributed by atoms with Crippen LogP contribution < -0.4 is 11.1 Å². The Bertz CT molecular complexity index is 864. The Morgan fingerprint density at radius 3 is 2.69 bits per heavy atom. The molecule has 2 atom stereocenters. The van der Waals surface area contributed by atoms with Gasteiger partial charge in [-0.05, 0) is 0 Å². The van der Waals surface area contributed by atoms with Gasteiger partial charge in [-0.2, -0.15) is 8.42 Å². The van der Waals surface area contributed by atoms with E-state index in [9.17, 15) is 18.0 Å². The van der Waals surface area contributed by atoms with Gasteiger partial charge < -0.3 is 20.7 Å². The summed E-state index contributed by atoms with van der Waals surface area (Å²) in [4.78, 5) is 37.3. The van der Waals surface area contributed by atoms with Crippen LogP contribution in [0.1, 0.15) is 5.69 Å². The van der Waals surface area contributed by atoms with Crippen LogP contribution >= 0.6 is 11.3 Å². The Labute approximate surface area is 151 Å². The lowest BCUT2D eigenvalue weighted by Crippen LogP contribution is -2.73. The predicted molar refractivity (Wildman–Crippen MR) is 89.7 cm³/mol. The standard InChI is InChI=1S/C11H14N6O7S2/c1-23-13-3-6-8(10(19)17(6)26(20,21)22)15-9(18)7(16-24-2)5-4-25-11(12)14-5/h3-4,6,8H,1-2H3,(H2,12,14)(H,15,18)(H,20,21,22)/b13-3?,16-7-. The minimum Gasteiger partial charge on any atom is -0.399 e. The molecule has 0 aromatic carbocycles. The van der Waals surface area contributed by atoms with Crippen LogP contribution in [-0.2, 0) is 29.6 Å². The van der Waals surface area contributed by atoms with E-state index in [2.05, 4.69) is 30.3 Å². The molecule has 2 rings (SSSR count). The summed E-state index contributed by atoms with van der Waals surface area (Å²) in [7, 11) is -2.45. The molecule has 1 fully saturated rings. The SMILES string of the molecule is CON=CC1C(NC(=O)/C(=N\OC)c2csc(N)n2)C(=O)N1S(=O)(=O)O. The zero-order chi connectivity index (χ0) is 19.5. The fourth-order valence-electron chi connectivity index (χ4n) is 2.07. The lowest BCUT2D eigenvalue weighted by atomic mass is 9.99. The van der Waals surface area contributed by atoms with Crippen molar-refractivity contribution >= 4 is 50.5 Å². The first-order valence-electron chi connectivity index (χ1n) is 6.71. The highest BCUT2D eigenvalue weighted by Crippen LogP contribution is 2.23. The van der Waals surface area contributed by atoms with E-state index in [-0.39, 0.29) is 20.8 Å². The van der Waals surface area contributed by atoms with Gasteiger partial charge in [0.25, 0.3) is 11.8 Å². The van der Waals surface area contributed by atoms with Gasteiger partial charge in [-0.25, -0.2) is 9.29 Å². The number of nitrogens with zero attached hydrogens (tertiary/aromatic N) is 4. The highest BCUT2D eigenvalue weighted by molar-refractivity contribution is 7.84. The molecule has 4 N–H and O–H groups in total. The van der Waals surface area contributed by atoms with Crippen molar-refractivity contribution in [2.24, 2.45) is 10.3 Å². The first-order valence-corrected chi connectivity index (χ1v) is 8.99. The molecule has 1 aliphatic heterocycles. The summed E-state index contributed by atoms with van der Waals surface area (Å²) in [5.74, 6) is -1.94. The zero-order valence-electron chi connectivity index (χ0n) is 13.4. The van der Waals surface area contributed by atoms with Gasteiger partial charge in [0.2, 0.25) is 0 Å². The summed E-state index contributed by atoms with van der Waals surface area (Å²) in [5.41, 5.74) is 5.34. The normalized spacial score (nSPS) is 20.8. The van der Waals surface area contributed by atoms with E-state index in [1.807, 2.05) is 0 Å². The Kier molecular flexibility index (Phi) is 5.73. The van der Waals surface area contributed by atoms with Crippen molar-refractivity contribution in [2.75, 3.05) is 20.0 Å². The maximum atomic E-state index is 12.4. The number of hydrogen-bond acceptors (Lipinski definition) is 11. The molecule has 0 saturated carbocycles. The smallest absolute Gasteiger partial charge is 0.362 e. The number of β-lactam (4-membered cyclic amide) rings is 1. The summed E-state index contributed by atoms with van der Waals surface area (Å²) < 4.78 is 31.8. The van der Waals surface area contributed by atoms with E-state index >= 15 is 0 Å². The van der Waals surface area contributed by atoms with Crippen LogP contribution in [0.5, 0.6) is 0 Å². The molecule has 142 valence electrons. The maximum Gasteiger partial charge on any atom is 0.362 e. The van der Waals surface area contributed by atoms with E-state index in [4.69, 9.17) is 10.3 Å². The van der Waals surface area contributed by atoms with Gasteiger partial charge in [-0.3, -0.25) is 14.1 Å². The summed E-state index contributed by atoms with van der Waals surface area (Å²) in [6.45, 7) is 0. The second-order valence-electron chi connectivity index (χ2n) is 4.68. The number of nitrogen functional groups attached to an aromatic ring is 1. The third-order valence-electron chi connectivity index (χ3n) is 3.11. The number of aromatic nitrogens is 1. The zero-order valence-corrected chi connectivity index (χ0v) is 15.0. The van der Waals surface area contributed by atoms with Gasteiger partial charge in [-0.1, -0.05) is 10.3 Å². The molecule has 2 heterocycles. The van der Waals surface area contributed by atoms with Crippen molar-refractivity contribution in [3.63, 3.8) is 0 Å². The first-order chi connectivity index (χ1) is 12.2. The molecule has 0 aliphatic carbocycles. The van der Waals surface area contributed by atoms with Gasteiger partial charge >= 0.3 is 10.3 Å². The number of carbonyl (C=O) groups excluding carboxylic acids is 2. The van der Waals surface area contributed by atoms with Gasteiger partial charge in [-0.15, -0.1) is 11.3 Å². The molecule has 26 heavy (non-hydrogen) atoms. The molecular formula is C11H14N6O7S2. The van der Waals surface area contributed by atoms with E-state index in [1.165, 1.54) is 19.6 Å². The number of amides is 2. The number of nitrogens with one attached hydrogen (secondary N) is 1. The van der Waals surface area contributed by atoms with Gasteiger partial charge in [0, 0.05) is 5.38 Å². The van der Waals surface area contributed by atoms with Gasteiger partial charge in [0.05, 0.1) is 6.21 Å². The molecular weight excluding hydrogens is 392 g/mol. The van der Waals surface area contributed by atoms with E-state index in [0.717, 1.165) is 17.6 Å². The summed E-state index contributed by atoms with van der Waals surface area (Å²) >= 11 is 1.06. The van der Waals surface area contributed by atoms with E-state index in [1.54, 1.807) is 0 Å². The molecule has 2 unspecified atom stereocenters. The van der Waals surface area contributed by atoms with Crippen molar-refractivity contribution in [3.8, 4) is 0 Å². The van der Waals surface area contributed by atoms with E-state index < -0.39 is 34.2 Å². The number of carbonyl (C=O) groups is 2. The quantitative estimate of drug-likeness (QED) is 0.203. The van der Waals surface area contributed by atoms with Crippen LogP contribution in [0.15, 0.2) is 15.7 Å². The van der Waals surface area contributed by atoms with Crippen LogP contribution in [0.3, 0.4) is 0 Å². The lowest BCUT2D eigenvalue weighted by molar-refractivity contribution is -0.141. The molecule has 0 spiro atoms. The summed E-state index contributed by atoms with van der Waals surface area (Å²) in [6.07, 6.45) is 0.939. The van der Waals surface area contributed by atoms with Crippen molar-refractivity contribution in [1.82, 2.24) is 14.6 Å². The van der Waals surface area contributed by atoms with Crippen LogP contribution in [0.4, 0.5) is 5.13 Å². The minimum atomic E-state index is -4.84. The number of oxime groups is 2. The van der Waals surface area contributed by atoms with Crippen molar-refractivity contribution in [3.05, 3.63) is 11.1 Å². The predicted octanol–water partition coefficient (Wildman–Crippen LogP) is -1.79. The van der Waals surface area contributed by atoms with Crippen LogP contribution in [0.2, 0.25) is 0 Å². The largest absolute Gasteiger partial charge is 0.399 e. The molecule has 13 nitrogen and oxygen atoms in total. The lowest BCUT2D eigenvalue weighted by Gasteiger charge is -2.41. The monoisotopic (exact) mass is 406 g/mol. The number of thiazole rings is 1. The Morgan fingerprint density at radius 2 is 2.19 bits per heavy atom. The molecule has 2 amide bonds. The molecule has 1 aliphatic rings. The van der Waals surface area contributed by atoms with Crippen LogP contribution in [0, 0.1) is 0 Å². The fourth-order valence-corrected chi connectivity index (χ4v) is 3.44. The van der Waals surface area contributed by atoms with Crippen molar-refractivity contribution < 1.29 is 32.2 Å². The van der Waals surface area contributed by atoms with Gasteiger partial charge in [0.15, 0.2) is 10.8 Å². The summed E-state index contributed by atoms with van der Waals surface area (Å²) in [6, 6.07) is -2.62. The van der Waals surface area contributed by atoms with E-state index in [0.29, 0.717) is 0 Å². The second-order valence-corrected chi connectivity index (χ2v) is 6.86. The van der Waals surface area contributed by atoms with Crippen LogP contribution in [-0.4, -0.2) is 72.3 Å². The van der Waals surface area contributed by atoms with Crippen molar-refractivity contribution in [1.29, 1.82) is 0 Å². The highest BCUT2D eigenvalue weighted by atomic mass is 32.2. The summed E-state index contributed by atoms with van der Waals surface area (Å²) in [5, 5.41) is 10.8. The molecule has 15 heteroatoms. The second kappa shape index (κ2) is 7.63. The fraction of sp³-hybridized carbons (Fsp3) is 0.364. The minimum absolute atomic E-state index is 0.104. The molecule has 1 aromatic heterocycles.